The maximum Gasteiger partial charge on any atom is 0.264 e. The lowest BCUT2D eigenvalue weighted by Gasteiger charge is -2.34. The van der Waals surface area contributed by atoms with Gasteiger partial charge in [-0.15, -0.1) is 0 Å². The Kier molecular flexibility index (Phi) is 10.9. The summed E-state index contributed by atoms with van der Waals surface area (Å²) in [6, 6.07) is 19.1. The summed E-state index contributed by atoms with van der Waals surface area (Å²) in [5.74, 6) is -0.758. The molecule has 42 heavy (non-hydrogen) atoms. The Hall–Kier alpha value is -3.07. The highest BCUT2D eigenvalue weighted by molar-refractivity contribution is 7.92. The molecule has 224 valence electrons. The molecule has 1 aliphatic rings. The monoisotopic (exact) mass is 629 g/mol. The average molecular weight is 631 g/mol. The average Bonchev–Trinajstić information content (AvgIpc) is 2.98. The molecule has 4 rings (SSSR count). The summed E-state index contributed by atoms with van der Waals surface area (Å²) >= 11 is 12.5. The molecule has 1 saturated carbocycles. The molecule has 0 aromatic heterocycles. The van der Waals surface area contributed by atoms with Crippen LogP contribution in [0.5, 0.6) is 0 Å². The summed E-state index contributed by atoms with van der Waals surface area (Å²) in [6.07, 6.45) is 5.42. The number of amides is 2. The van der Waals surface area contributed by atoms with Crippen molar-refractivity contribution >= 4 is 50.7 Å². The van der Waals surface area contributed by atoms with Crippen LogP contribution in [0.3, 0.4) is 0 Å². The van der Waals surface area contributed by atoms with Gasteiger partial charge in [0, 0.05) is 22.6 Å². The molecule has 0 heterocycles. The number of hydrogen-bond acceptors (Lipinski definition) is 4. The summed E-state index contributed by atoms with van der Waals surface area (Å²) in [5.41, 5.74) is 1.94. The minimum atomic E-state index is -4.17. The first kappa shape index (κ1) is 31.9. The quantitative estimate of drug-likeness (QED) is 0.254. The Morgan fingerprint density at radius 2 is 1.57 bits per heavy atom. The molecule has 0 saturated heterocycles. The summed E-state index contributed by atoms with van der Waals surface area (Å²) in [5, 5.41) is 4.00. The maximum absolute atomic E-state index is 14.2. The summed E-state index contributed by atoms with van der Waals surface area (Å²) in [6.45, 7) is 3.29. The van der Waals surface area contributed by atoms with E-state index in [1.807, 2.05) is 19.9 Å². The van der Waals surface area contributed by atoms with Crippen LogP contribution < -0.4 is 9.62 Å². The topological polar surface area (TPSA) is 86.8 Å². The number of nitrogens with zero attached hydrogens (tertiary/aromatic N) is 2. The summed E-state index contributed by atoms with van der Waals surface area (Å²) in [4.78, 5) is 29.3. The second kappa shape index (κ2) is 14.4. The summed E-state index contributed by atoms with van der Waals surface area (Å²) in [7, 11) is -4.17. The van der Waals surface area contributed by atoms with Gasteiger partial charge in [-0.3, -0.25) is 13.9 Å². The van der Waals surface area contributed by atoms with Crippen LogP contribution in [-0.4, -0.2) is 43.8 Å². The van der Waals surface area contributed by atoms with Crippen LogP contribution in [0.4, 0.5) is 5.69 Å². The van der Waals surface area contributed by atoms with Gasteiger partial charge in [-0.2, -0.15) is 0 Å². The zero-order valence-corrected chi connectivity index (χ0v) is 26.3. The Labute approximate surface area is 258 Å². The number of sulfonamides is 1. The standard InChI is InChI=1S/C32H37Cl2N3O4S/c1-3-30(32(39)35-26-10-5-4-6-11-26)36(21-24-9-7-8-12-29(24)34)31(38)22-37(27-17-13-23(2)14-18-27)42(40,41)28-19-15-25(33)16-20-28/h7-9,12-20,26,30H,3-6,10-11,21-22H2,1-2H3,(H,35,39)/t30-/m1/s1. The highest BCUT2D eigenvalue weighted by Crippen LogP contribution is 2.27. The molecular weight excluding hydrogens is 593 g/mol. The first-order chi connectivity index (χ1) is 20.1. The van der Waals surface area contributed by atoms with Gasteiger partial charge in [0.05, 0.1) is 10.6 Å². The van der Waals surface area contributed by atoms with Gasteiger partial charge >= 0.3 is 0 Å². The number of carbonyl (C=O) groups excluding carboxylic acids is 2. The highest BCUT2D eigenvalue weighted by atomic mass is 35.5. The van der Waals surface area contributed by atoms with E-state index in [0.717, 1.165) is 42.0 Å². The Morgan fingerprint density at radius 3 is 2.19 bits per heavy atom. The molecule has 3 aromatic carbocycles. The number of rotatable bonds is 11. The van der Waals surface area contributed by atoms with E-state index in [9.17, 15) is 18.0 Å². The molecule has 1 fully saturated rings. The van der Waals surface area contributed by atoms with Crippen LogP contribution in [0.2, 0.25) is 10.0 Å². The number of halogens is 2. The second-order valence-electron chi connectivity index (χ2n) is 10.7. The molecule has 1 N–H and O–H groups in total. The molecule has 0 bridgehead atoms. The highest BCUT2D eigenvalue weighted by Gasteiger charge is 2.34. The van der Waals surface area contributed by atoms with E-state index in [4.69, 9.17) is 23.2 Å². The van der Waals surface area contributed by atoms with Crippen LogP contribution in [0, 0.1) is 6.92 Å². The van der Waals surface area contributed by atoms with Gasteiger partial charge in [0.25, 0.3) is 10.0 Å². The fourth-order valence-corrected chi connectivity index (χ4v) is 6.98. The van der Waals surface area contributed by atoms with Gasteiger partial charge in [0.15, 0.2) is 0 Å². The molecule has 0 aliphatic heterocycles. The van der Waals surface area contributed by atoms with E-state index < -0.39 is 28.5 Å². The molecule has 2 amide bonds. The first-order valence-electron chi connectivity index (χ1n) is 14.3. The lowest BCUT2D eigenvalue weighted by Crippen LogP contribution is -2.54. The van der Waals surface area contributed by atoms with Gasteiger partial charge in [-0.25, -0.2) is 8.42 Å². The van der Waals surface area contributed by atoms with Gasteiger partial charge in [0.1, 0.15) is 12.6 Å². The molecule has 0 radical (unpaired) electrons. The molecule has 1 atom stereocenters. The van der Waals surface area contributed by atoms with Crippen molar-refractivity contribution in [3.63, 3.8) is 0 Å². The normalized spacial score (nSPS) is 14.7. The van der Waals surface area contributed by atoms with Gasteiger partial charge in [-0.05, 0) is 74.2 Å². The number of anilines is 1. The largest absolute Gasteiger partial charge is 0.352 e. The molecule has 7 nitrogen and oxygen atoms in total. The van der Waals surface area contributed by atoms with E-state index in [1.54, 1.807) is 42.5 Å². The fourth-order valence-electron chi connectivity index (χ4n) is 5.25. The third-order valence-corrected chi connectivity index (χ3v) is 10.0. The molecule has 3 aromatic rings. The van der Waals surface area contributed by atoms with E-state index in [2.05, 4.69) is 5.32 Å². The van der Waals surface area contributed by atoms with Crippen molar-refractivity contribution in [3.8, 4) is 0 Å². The predicted molar refractivity (Wildman–Crippen MR) is 168 cm³/mol. The van der Waals surface area contributed by atoms with Crippen LogP contribution in [0.15, 0.2) is 77.7 Å². The molecule has 0 unspecified atom stereocenters. The second-order valence-corrected chi connectivity index (χ2v) is 13.4. The number of hydrogen-bond donors (Lipinski definition) is 1. The smallest absolute Gasteiger partial charge is 0.264 e. The maximum atomic E-state index is 14.2. The van der Waals surface area contributed by atoms with E-state index >= 15 is 0 Å². The van der Waals surface area contributed by atoms with Crippen LogP contribution in [-0.2, 0) is 26.2 Å². The van der Waals surface area contributed by atoms with Crippen molar-refractivity contribution in [1.82, 2.24) is 10.2 Å². The van der Waals surface area contributed by atoms with E-state index in [-0.39, 0.29) is 23.4 Å². The minimum absolute atomic E-state index is 0.0000110. The van der Waals surface area contributed by atoms with E-state index in [0.29, 0.717) is 27.7 Å². The number of nitrogens with one attached hydrogen (secondary N) is 1. The lowest BCUT2D eigenvalue weighted by atomic mass is 9.95. The van der Waals surface area contributed by atoms with Crippen molar-refractivity contribution in [1.29, 1.82) is 0 Å². The fraction of sp³-hybridized carbons (Fsp3) is 0.375. The Balaban J connectivity index is 1.71. The zero-order valence-electron chi connectivity index (χ0n) is 23.9. The molecular formula is C32H37Cl2N3O4S. The third-order valence-electron chi connectivity index (χ3n) is 7.64. The Morgan fingerprint density at radius 1 is 0.929 bits per heavy atom. The van der Waals surface area contributed by atoms with Crippen LogP contribution in [0.25, 0.3) is 0 Å². The number of aryl methyl sites for hydroxylation is 1. The van der Waals surface area contributed by atoms with Crippen LogP contribution >= 0.6 is 23.2 Å². The van der Waals surface area contributed by atoms with Crippen molar-refractivity contribution in [2.24, 2.45) is 0 Å². The van der Waals surface area contributed by atoms with Gasteiger partial charge in [0.2, 0.25) is 11.8 Å². The van der Waals surface area contributed by atoms with Gasteiger partial charge in [-0.1, -0.05) is 85.3 Å². The van der Waals surface area contributed by atoms with Crippen molar-refractivity contribution in [2.45, 2.75) is 75.9 Å². The number of carbonyl (C=O) groups is 2. The van der Waals surface area contributed by atoms with Crippen LogP contribution in [0.1, 0.15) is 56.6 Å². The van der Waals surface area contributed by atoms with Crippen molar-refractivity contribution < 1.29 is 18.0 Å². The minimum Gasteiger partial charge on any atom is -0.352 e. The predicted octanol–water partition coefficient (Wildman–Crippen LogP) is 6.75. The van der Waals surface area contributed by atoms with Crippen molar-refractivity contribution in [2.75, 3.05) is 10.8 Å². The third kappa shape index (κ3) is 7.85. The molecule has 1 aliphatic carbocycles. The summed E-state index contributed by atoms with van der Waals surface area (Å²) < 4.78 is 29.0. The van der Waals surface area contributed by atoms with Crippen molar-refractivity contribution in [3.05, 3.63) is 94.0 Å². The van der Waals surface area contributed by atoms with Gasteiger partial charge < -0.3 is 10.2 Å². The Bertz CT molecular complexity index is 1470. The first-order valence-corrected chi connectivity index (χ1v) is 16.5. The van der Waals surface area contributed by atoms with E-state index in [1.165, 1.54) is 29.2 Å². The zero-order chi connectivity index (χ0) is 30.3. The number of benzene rings is 3. The SMILES string of the molecule is CC[C@H](C(=O)NC1CCCCC1)N(Cc1ccccc1Cl)C(=O)CN(c1ccc(C)cc1)S(=O)(=O)c1ccc(Cl)cc1. The molecule has 0 spiro atoms. The molecule has 10 heteroatoms. The lowest BCUT2D eigenvalue weighted by molar-refractivity contribution is -0.140.